The Bertz CT molecular complexity index is 527. The second-order valence-corrected chi connectivity index (χ2v) is 4.99. The number of para-hydroxylation sites is 1. The molecule has 3 nitrogen and oxygen atoms in total. The van der Waals surface area contributed by atoms with E-state index in [0.717, 1.165) is 29.4 Å². The van der Waals surface area contributed by atoms with Gasteiger partial charge in [-0.3, -0.25) is 4.98 Å². The third-order valence-electron chi connectivity index (χ3n) is 3.96. The van der Waals surface area contributed by atoms with Crippen LogP contribution >= 0.6 is 0 Å². The SMILES string of the molecule is CCC(CC)(CO)NCc1ccc2ccccc2n1. The van der Waals surface area contributed by atoms with E-state index >= 15 is 0 Å². The van der Waals surface area contributed by atoms with Crippen molar-refractivity contribution in [1.29, 1.82) is 0 Å². The number of hydrogen-bond donors (Lipinski definition) is 2. The van der Waals surface area contributed by atoms with Gasteiger partial charge in [0.25, 0.3) is 0 Å². The summed E-state index contributed by atoms with van der Waals surface area (Å²) in [5, 5.41) is 14.2. The molecule has 0 aliphatic rings. The number of aliphatic hydroxyl groups is 1. The van der Waals surface area contributed by atoms with Crippen molar-refractivity contribution in [1.82, 2.24) is 10.3 Å². The van der Waals surface area contributed by atoms with Crippen molar-refractivity contribution in [2.24, 2.45) is 0 Å². The molecular formula is C16H22N2O. The van der Waals surface area contributed by atoms with Gasteiger partial charge in [-0.2, -0.15) is 0 Å². The van der Waals surface area contributed by atoms with Crippen LogP contribution in [0.4, 0.5) is 0 Å². The van der Waals surface area contributed by atoms with E-state index in [-0.39, 0.29) is 12.1 Å². The van der Waals surface area contributed by atoms with Crippen molar-refractivity contribution in [2.45, 2.75) is 38.8 Å². The summed E-state index contributed by atoms with van der Waals surface area (Å²) < 4.78 is 0. The van der Waals surface area contributed by atoms with Crippen molar-refractivity contribution in [3.63, 3.8) is 0 Å². The molecule has 0 unspecified atom stereocenters. The lowest BCUT2D eigenvalue weighted by Crippen LogP contribution is -2.47. The average Bonchev–Trinajstić information content (AvgIpc) is 2.49. The number of aliphatic hydroxyl groups excluding tert-OH is 1. The number of nitrogens with zero attached hydrogens (tertiary/aromatic N) is 1. The third kappa shape index (κ3) is 3.11. The number of benzene rings is 1. The summed E-state index contributed by atoms with van der Waals surface area (Å²) in [4.78, 5) is 4.64. The van der Waals surface area contributed by atoms with Crippen molar-refractivity contribution in [3.8, 4) is 0 Å². The predicted molar refractivity (Wildman–Crippen MR) is 79.0 cm³/mol. The van der Waals surface area contributed by atoms with Gasteiger partial charge in [-0.1, -0.05) is 38.1 Å². The Balaban J connectivity index is 2.13. The zero-order chi connectivity index (χ0) is 13.7. The summed E-state index contributed by atoms with van der Waals surface area (Å²) >= 11 is 0. The van der Waals surface area contributed by atoms with Gasteiger partial charge in [-0.25, -0.2) is 0 Å². The number of fused-ring (bicyclic) bond motifs is 1. The smallest absolute Gasteiger partial charge is 0.0705 e. The van der Waals surface area contributed by atoms with E-state index in [0.29, 0.717) is 6.54 Å². The minimum absolute atomic E-state index is 0.160. The molecule has 0 fully saturated rings. The molecule has 102 valence electrons. The van der Waals surface area contributed by atoms with Gasteiger partial charge in [0.05, 0.1) is 17.8 Å². The molecule has 2 N–H and O–H groups in total. The maximum absolute atomic E-state index is 9.54. The van der Waals surface area contributed by atoms with E-state index in [1.807, 2.05) is 24.3 Å². The molecular weight excluding hydrogens is 236 g/mol. The lowest BCUT2D eigenvalue weighted by atomic mass is 9.94. The van der Waals surface area contributed by atoms with Crippen LogP contribution in [0.1, 0.15) is 32.4 Å². The molecule has 0 amide bonds. The molecule has 2 rings (SSSR count). The summed E-state index contributed by atoms with van der Waals surface area (Å²) in [6.45, 7) is 5.04. The number of rotatable bonds is 6. The highest BCUT2D eigenvalue weighted by Gasteiger charge is 2.24. The molecule has 3 heteroatoms. The van der Waals surface area contributed by atoms with Gasteiger partial charge in [-0.15, -0.1) is 0 Å². The first kappa shape index (κ1) is 14.0. The number of aromatic nitrogens is 1. The van der Waals surface area contributed by atoms with Gasteiger partial charge >= 0.3 is 0 Å². The van der Waals surface area contributed by atoms with Gasteiger partial charge in [0, 0.05) is 17.5 Å². The van der Waals surface area contributed by atoms with Crippen molar-refractivity contribution >= 4 is 10.9 Å². The standard InChI is InChI=1S/C16H22N2O/c1-3-16(4-2,12-19)17-11-14-10-9-13-7-5-6-8-15(13)18-14/h5-10,17,19H,3-4,11-12H2,1-2H3. The maximum Gasteiger partial charge on any atom is 0.0705 e. The highest BCUT2D eigenvalue weighted by atomic mass is 16.3. The molecule has 1 aromatic heterocycles. The van der Waals surface area contributed by atoms with Gasteiger partial charge in [0.2, 0.25) is 0 Å². The monoisotopic (exact) mass is 258 g/mol. The lowest BCUT2D eigenvalue weighted by Gasteiger charge is -2.30. The topological polar surface area (TPSA) is 45.1 Å². The van der Waals surface area contributed by atoms with Crippen molar-refractivity contribution < 1.29 is 5.11 Å². The van der Waals surface area contributed by atoms with Crippen molar-refractivity contribution in [3.05, 3.63) is 42.1 Å². The van der Waals surface area contributed by atoms with Crippen LogP contribution in [0.15, 0.2) is 36.4 Å². The Morgan fingerprint density at radius 2 is 1.84 bits per heavy atom. The van der Waals surface area contributed by atoms with Crippen LogP contribution in [-0.2, 0) is 6.54 Å². The van der Waals surface area contributed by atoms with Crippen molar-refractivity contribution in [2.75, 3.05) is 6.61 Å². The fourth-order valence-electron chi connectivity index (χ4n) is 2.26. The highest BCUT2D eigenvalue weighted by Crippen LogP contribution is 2.16. The van der Waals surface area contributed by atoms with Crippen LogP contribution < -0.4 is 5.32 Å². The summed E-state index contributed by atoms with van der Waals surface area (Å²) in [7, 11) is 0. The fourth-order valence-corrected chi connectivity index (χ4v) is 2.26. The summed E-state index contributed by atoms with van der Waals surface area (Å²) in [6.07, 6.45) is 1.82. The molecule has 0 bridgehead atoms. The van der Waals surface area contributed by atoms with Gasteiger partial charge in [0.15, 0.2) is 0 Å². The van der Waals surface area contributed by atoms with E-state index in [1.54, 1.807) is 0 Å². The van der Waals surface area contributed by atoms with Gasteiger partial charge in [0.1, 0.15) is 0 Å². The Labute approximate surface area is 114 Å². The van der Waals surface area contributed by atoms with Crippen LogP contribution in [0.2, 0.25) is 0 Å². The van der Waals surface area contributed by atoms with Gasteiger partial charge < -0.3 is 10.4 Å². The van der Waals surface area contributed by atoms with E-state index in [4.69, 9.17) is 0 Å². The molecule has 19 heavy (non-hydrogen) atoms. The molecule has 0 atom stereocenters. The first-order valence-electron chi connectivity index (χ1n) is 6.93. The summed E-state index contributed by atoms with van der Waals surface area (Å²) in [5.41, 5.74) is 1.84. The maximum atomic E-state index is 9.54. The first-order valence-corrected chi connectivity index (χ1v) is 6.93. The number of hydrogen-bond acceptors (Lipinski definition) is 3. The zero-order valence-electron chi connectivity index (χ0n) is 11.7. The lowest BCUT2D eigenvalue weighted by molar-refractivity contribution is 0.149. The highest BCUT2D eigenvalue weighted by molar-refractivity contribution is 5.78. The Morgan fingerprint density at radius 1 is 1.11 bits per heavy atom. The van der Waals surface area contributed by atoms with E-state index in [1.165, 1.54) is 0 Å². The second-order valence-electron chi connectivity index (χ2n) is 4.99. The fraction of sp³-hybridized carbons (Fsp3) is 0.438. The van der Waals surface area contributed by atoms with Crippen LogP contribution in [0.5, 0.6) is 0 Å². The Kier molecular flexibility index (Phi) is 4.51. The van der Waals surface area contributed by atoms with E-state index in [9.17, 15) is 5.11 Å². The van der Waals surface area contributed by atoms with Gasteiger partial charge in [-0.05, 0) is 25.0 Å². The Hall–Kier alpha value is -1.45. The van der Waals surface area contributed by atoms with E-state index in [2.05, 4.69) is 36.3 Å². The molecule has 2 aromatic rings. The normalized spacial score (nSPS) is 11.9. The predicted octanol–water partition coefficient (Wildman–Crippen LogP) is 2.88. The first-order chi connectivity index (χ1) is 9.23. The molecule has 1 aromatic carbocycles. The summed E-state index contributed by atoms with van der Waals surface area (Å²) in [6, 6.07) is 12.3. The van der Waals surface area contributed by atoms with Crippen LogP contribution in [0, 0.1) is 0 Å². The minimum Gasteiger partial charge on any atom is -0.394 e. The quantitative estimate of drug-likeness (QED) is 0.837. The average molecular weight is 258 g/mol. The zero-order valence-corrected chi connectivity index (χ0v) is 11.7. The second kappa shape index (κ2) is 6.13. The third-order valence-corrected chi connectivity index (χ3v) is 3.96. The molecule has 0 saturated carbocycles. The Morgan fingerprint density at radius 3 is 2.53 bits per heavy atom. The van der Waals surface area contributed by atoms with Crippen LogP contribution in [0.25, 0.3) is 10.9 Å². The number of pyridine rings is 1. The molecule has 0 aliphatic heterocycles. The molecule has 1 heterocycles. The number of nitrogens with one attached hydrogen (secondary N) is 1. The molecule has 0 aliphatic carbocycles. The van der Waals surface area contributed by atoms with E-state index < -0.39 is 0 Å². The molecule has 0 radical (unpaired) electrons. The largest absolute Gasteiger partial charge is 0.394 e. The van der Waals surface area contributed by atoms with Crippen LogP contribution in [0.3, 0.4) is 0 Å². The minimum atomic E-state index is -0.187. The molecule has 0 saturated heterocycles. The summed E-state index contributed by atoms with van der Waals surface area (Å²) in [5.74, 6) is 0. The van der Waals surface area contributed by atoms with Crippen LogP contribution in [-0.4, -0.2) is 22.2 Å². The molecule has 0 spiro atoms.